The molecule has 8 heteroatoms. The lowest BCUT2D eigenvalue weighted by Gasteiger charge is -2.33. The van der Waals surface area contributed by atoms with Crippen molar-refractivity contribution < 1.29 is 13.5 Å². The highest BCUT2D eigenvalue weighted by Gasteiger charge is 2.33. The van der Waals surface area contributed by atoms with Crippen LogP contribution in [0.15, 0.2) is 23.1 Å². The summed E-state index contributed by atoms with van der Waals surface area (Å²) in [7, 11) is -3.68. The molecule has 116 valence electrons. The number of thiocarbonyl (C=S) groups is 1. The van der Waals surface area contributed by atoms with Crippen LogP contribution < -0.4 is 5.73 Å². The lowest BCUT2D eigenvalue weighted by Crippen LogP contribution is -2.45. The lowest BCUT2D eigenvalue weighted by atomic mass is 10.1. The molecular formula is C13H17ClN2O3S2. The first kappa shape index (κ1) is 16.6. The van der Waals surface area contributed by atoms with E-state index in [9.17, 15) is 13.5 Å². The highest BCUT2D eigenvalue weighted by Crippen LogP contribution is 2.28. The van der Waals surface area contributed by atoms with E-state index in [4.69, 9.17) is 29.6 Å². The van der Waals surface area contributed by atoms with Gasteiger partial charge in [-0.25, -0.2) is 8.42 Å². The van der Waals surface area contributed by atoms with E-state index in [-0.39, 0.29) is 27.6 Å². The number of benzene rings is 1. The molecule has 0 bridgehead atoms. The quantitative estimate of drug-likeness (QED) is 0.806. The summed E-state index contributed by atoms with van der Waals surface area (Å²) in [6.45, 7) is 0.222. The van der Waals surface area contributed by atoms with E-state index in [1.165, 1.54) is 22.5 Å². The maximum absolute atomic E-state index is 12.7. The number of aliphatic hydroxyl groups excluding tert-OH is 1. The van der Waals surface area contributed by atoms with Crippen LogP contribution in [0.25, 0.3) is 0 Å². The van der Waals surface area contributed by atoms with Gasteiger partial charge < -0.3 is 10.8 Å². The molecule has 0 aromatic heterocycles. The second kappa shape index (κ2) is 6.58. The van der Waals surface area contributed by atoms with Gasteiger partial charge in [-0.1, -0.05) is 30.2 Å². The summed E-state index contributed by atoms with van der Waals surface area (Å²) < 4.78 is 26.7. The standard InChI is InChI=1S/C13H17ClN2O3S2/c14-12-7-10(4-5-11(12)13(15)20)21(18,19)16-6-2-1-3-9(16)8-17/h4-5,7,9,17H,1-3,6,8H2,(H2,15,20). The van der Waals surface area contributed by atoms with Crippen LogP contribution in [0.3, 0.4) is 0 Å². The highest BCUT2D eigenvalue weighted by molar-refractivity contribution is 7.89. The number of piperidine rings is 1. The molecule has 0 aliphatic carbocycles. The van der Waals surface area contributed by atoms with Gasteiger partial charge in [-0.2, -0.15) is 4.31 Å². The maximum atomic E-state index is 12.7. The maximum Gasteiger partial charge on any atom is 0.243 e. The fraction of sp³-hybridized carbons (Fsp3) is 0.462. The summed E-state index contributed by atoms with van der Waals surface area (Å²) >= 11 is 10.9. The number of halogens is 1. The molecule has 0 spiro atoms. The summed E-state index contributed by atoms with van der Waals surface area (Å²) in [4.78, 5) is 0.211. The van der Waals surface area contributed by atoms with E-state index < -0.39 is 10.0 Å². The van der Waals surface area contributed by atoms with E-state index in [2.05, 4.69) is 0 Å². The second-order valence-corrected chi connectivity index (χ2v) is 7.69. The van der Waals surface area contributed by atoms with Gasteiger partial charge in [0, 0.05) is 18.2 Å². The van der Waals surface area contributed by atoms with E-state index in [1.807, 2.05) is 0 Å². The summed E-state index contributed by atoms with van der Waals surface area (Å²) in [5, 5.41) is 9.59. The number of rotatable bonds is 4. The van der Waals surface area contributed by atoms with Crippen molar-refractivity contribution in [3.63, 3.8) is 0 Å². The fourth-order valence-corrected chi connectivity index (χ4v) is 4.76. The Morgan fingerprint density at radius 1 is 1.48 bits per heavy atom. The number of aliphatic hydroxyl groups is 1. The van der Waals surface area contributed by atoms with Crippen molar-refractivity contribution in [1.82, 2.24) is 4.31 Å². The van der Waals surface area contributed by atoms with Gasteiger partial charge in [0.25, 0.3) is 0 Å². The van der Waals surface area contributed by atoms with Gasteiger partial charge in [-0.3, -0.25) is 0 Å². The van der Waals surface area contributed by atoms with Crippen LogP contribution >= 0.6 is 23.8 Å². The Labute approximate surface area is 134 Å². The smallest absolute Gasteiger partial charge is 0.243 e. The topological polar surface area (TPSA) is 83.6 Å². The zero-order valence-electron chi connectivity index (χ0n) is 11.3. The number of nitrogens with zero attached hydrogens (tertiary/aromatic N) is 1. The molecule has 1 aromatic rings. The van der Waals surface area contributed by atoms with Crippen molar-refractivity contribution in [2.24, 2.45) is 5.73 Å². The van der Waals surface area contributed by atoms with Crippen molar-refractivity contribution in [3.05, 3.63) is 28.8 Å². The number of nitrogens with two attached hydrogens (primary N) is 1. The Hall–Kier alpha value is -0.730. The molecule has 3 N–H and O–H groups in total. The van der Waals surface area contributed by atoms with Crippen molar-refractivity contribution in [2.45, 2.75) is 30.2 Å². The van der Waals surface area contributed by atoms with Gasteiger partial charge in [0.15, 0.2) is 0 Å². The first-order valence-electron chi connectivity index (χ1n) is 6.60. The second-order valence-electron chi connectivity index (χ2n) is 4.95. The SMILES string of the molecule is NC(=S)c1ccc(S(=O)(=O)N2CCCCC2CO)cc1Cl. The summed E-state index contributed by atoms with van der Waals surface area (Å²) in [6, 6.07) is 3.93. The van der Waals surface area contributed by atoms with E-state index in [0.717, 1.165) is 12.8 Å². The minimum Gasteiger partial charge on any atom is -0.395 e. The Bertz CT molecular complexity index is 649. The predicted octanol–water partition coefficient (Wildman–Crippen LogP) is 1.51. The molecule has 0 radical (unpaired) electrons. The molecule has 1 atom stereocenters. The molecule has 0 saturated carbocycles. The molecule has 2 rings (SSSR count). The monoisotopic (exact) mass is 348 g/mol. The van der Waals surface area contributed by atoms with Crippen LogP contribution in [0.5, 0.6) is 0 Å². The molecule has 0 amide bonds. The number of sulfonamides is 1. The minimum atomic E-state index is -3.68. The zero-order valence-corrected chi connectivity index (χ0v) is 13.7. The minimum absolute atomic E-state index is 0.0906. The average Bonchev–Trinajstić information content (AvgIpc) is 2.46. The Balaban J connectivity index is 2.39. The van der Waals surface area contributed by atoms with Crippen LogP contribution in [-0.4, -0.2) is 42.0 Å². The molecule has 1 fully saturated rings. The molecule has 1 heterocycles. The molecule has 1 aliphatic heterocycles. The van der Waals surface area contributed by atoms with E-state index in [0.29, 0.717) is 18.5 Å². The van der Waals surface area contributed by atoms with E-state index >= 15 is 0 Å². The average molecular weight is 349 g/mol. The van der Waals surface area contributed by atoms with Gasteiger partial charge in [-0.15, -0.1) is 0 Å². The predicted molar refractivity (Wildman–Crippen MR) is 86.0 cm³/mol. The highest BCUT2D eigenvalue weighted by atomic mass is 35.5. The molecule has 21 heavy (non-hydrogen) atoms. The van der Waals surface area contributed by atoms with Gasteiger partial charge >= 0.3 is 0 Å². The van der Waals surface area contributed by atoms with Gasteiger partial charge in [0.2, 0.25) is 10.0 Å². The summed E-state index contributed by atoms with van der Waals surface area (Å²) in [6.07, 6.45) is 2.36. The van der Waals surface area contributed by atoms with Crippen molar-refractivity contribution in [3.8, 4) is 0 Å². The third-order valence-electron chi connectivity index (χ3n) is 3.60. The van der Waals surface area contributed by atoms with Crippen LogP contribution in [-0.2, 0) is 10.0 Å². The van der Waals surface area contributed by atoms with Crippen LogP contribution in [0.2, 0.25) is 5.02 Å². The largest absolute Gasteiger partial charge is 0.395 e. The van der Waals surface area contributed by atoms with Gasteiger partial charge in [-0.05, 0) is 31.0 Å². The zero-order chi connectivity index (χ0) is 15.6. The molecule has 1 unspecified atom stereocenters. The van der Waals surface area contributed by atoms with Crippen LogP contribution in [0.1, 0.15) is 24.8 Å². The number of hydrogen-bond acceptors (Lipinski definition) is 4. The van der Waals surface area contributed by atoms with Crippen LogP contribution in [0, 0.1) is 0 Å². The van der Waals surface area contributed by atoms with Gasteiger partial charge in [0.05, 0.1) is 16.5 Å². The van der Waals surface area contributed by atoms with Gasteiger partial charge in [0.1, 0.15) is 4.99 Å². The third kappa shape index (κ3) is 3.37. The molecular weight excluding hydrogens is 332 g/mol. The molecule has 1 aromatic carbocycles. The molecule has 5 nitrogen and oxygen atoms in total. The fourth-order valence-electron chi connectivity index (χ4n) is 2.46. The first-order valence-corrected chi connectivity index (χ1v) is 8.82. The molecule has 1 aliphatic rings. The normalized spacial score (nSPS) is 20.4. The van der Waals surface area contributed by atoms with Crippen LogP contribution in [0.4, 0.5) is 0 Å². The first-order chi connectivity index (χ1) is 9.87. The lowest BCUT2D eigenvalue weighted by molar-refractivity contribution is 0.155. The third-order valence-corrected chi connectivity index (χ3v) is 6.08. The van der Waals surface area contributed by atoms with Crippen molar-refractivity contribution >= 4 is 38.8 Å². The molecule has 1 saturated heterocycles. The summed E-state index contributed by atoms with van der Waals surface area (Å²) in [5.41, 5.74) is 5.96. The van der Waals surface area contributed by atoms with Crippen molar-refractivity contribution in [2.75, 3.05) is 13.2 Å². The number of hydrogen-bond donors (Lipinski definition) is 2. The van der Waals surface area contributed by atoms with E-state index in [1.54, 1.807) is 0 Å². The Morgan fingerprint density at radius 3 is 2.76 bits per heavy atom. The Kier molecular flexibility index (Phi) is 5.21. The summed E-state index contributed by atoms with van der Waals surface area (Å²) in [5.74, 6) is 0. The Morgan fingerprint density at radius 2 is 2.19 bits per heavy atom. The van der Waals surface area contributed by atoms with Crippen molar-refractivity contribution in [1.29, 1.82) is 0 Å².